The van der Waals surface area contributed by atoms with E-state index in [1.807, 2.05) is 0 Å². The third kappa shape index (κ3) is 2.34. The molecule has 2 atom stereocenters. The topological polar surface area (TPSA) is 23.6 Å². The SMILES string of the molecule is O=C1CN2[C@@H](c3cccc(F)c3)CCN2C[C@]1(F)C(F)F. The molecule has 1 aromatic carbocycles. The molecule has 2 heterocycles. The largest absolute Gasteiger partial charge is 0.294 e. The smallest absolute Gasteiger partial charge is 0.280 e. The molecule has 2 aliphatic rings. The zero-order valence-corrected chi connectivity index (χ0v) is 11.1. The number of rotatable bonds is 2. The number of Topliss-reactive ketones (excluding diaryl/α,β-unsaturated/α-hetero) is 1. The van der Waals surface area contributed by atoms with Crippen molar-refractivity contribution in [2.24, 2.45) is 0 Å². The molecule has 1 aromatic rings. The molecular weight excluding hydrogens is 288 g/mol. The summed E-state index contributed by atoms with van der Waals surface area (Å²) in [6.07, 6.45) is -2.80. The van der Waals surface area contributed by atoms with E-state index in [-0.39, 0.29) is 6.04 Å². The lowest BCUT2D eigenvalue weighted by atomic mass is 9.97. The zero-order valence-electron chi connectivity index (χ0n) is 11.1. The van der Waals surface area contributed by atoms with E-state index in [1.54, 1.807) is 17.1 Å². The molecule has 0 aliphatic carbocycles. The zero-order chi connectivity index (χ0) is 15.2. The van der Waals surface area contributed by atoms with Crippen molar-refractivity contribution < 1.29 is 22.4 Å². The summed E-state index contributed by atoms with van der Waals surface area (Å²) in [6, 6.07) is 5.64. The van der Waals surface area contributed by atoms with Crippen molar-refractivity contribution in [2.75, 3.05) is 19.6 Å². The highest BCUT2D eigenvalue weighted by atomic mass is 19.3. The van der Waals surface area contributed by atoms with Crippen LogP contribution >= 0.6 is 0 Å². The third-order valence-corrected chi connectivity index (χ3v) is 4.14. The summed E-state index contributed by atoms with van der Waals surface area (Å²) in [4.78, 5) is 11.7. The molecule has 0 unspecified atom stereocenters. The minimum atomic E-state index is -3.33. The summed E-state index contributed by atoms with van der Waals surface area (Å²) in [5, 5.41) is 3.00. The maximum Gasteiger partial charge on any atom is 0.280 e. The third-order valence-electron chi connectivity index (χ3n) is 4.14. The minimum absolute atomic E-state index is 0.285. The molecule has 3 rings (SSSR count). The van der Waals surface area contributed by atoms with Crippen molar-refractivity contribution in [3.8, 4) is 0 Å². The van der Waals surface area contributed by atoms with Crippen LogP contribution in [0.5, 0.6) is 0 Å². The van der Waals surface area contributed by atoms with E-state index in [4.69, 9.17) is 0 Å². The Labute approximate surface area is 119 Å². The molecule has 0 N–H and O–H groups in total. The minimum Gasteiger partial charge on any atom is -0.294 e. The van der Waals surface area contributed by atoms with E-state index in [0.717, 1.165) is 0 Å². The van der Waals surface area contributed by atoms with Crippen LogP contribution in [0.1, 0.15) is 18.0 Å². The summed E-state index contributed by atoms with van der Waals surface area (Å²) in [5.41, 5.74) is -2.44. The Morgan fingerprint density at radius 3 is 2.76 bits per heavy atom. The van der Waals surface area contributed by atoms with Crippen LogP contribution < -0.4 is 0 Å². The predicted octanol–water partition coefficient (Wildman–Crippen LogP) is 2.35. The van der Waals surface area contributed by atoms with Gasteiger partial charge in [0.2, 0.25) is 5.67 Å². The first-order valence-corrected chi connectivity index (χ1v) is 6.69. The van der Waals surface area contributed by atoms with Gasteiger partial charge in [0, 0.05) is 6.54 Å². The average molecular weight is 302 g/mol. The van der Waals surface area contributed by atoms with Crippen molar-refractivity contribution >= 4 is 5.78 Å². The van der Waals surface area contributed by atoms with E-state index in [1.165, 1.54) is 17.1 Å². The molecular formula is C14H14F4N2O. The summed E-state index contributed by atoms with van der Waals surface area (Å²) in [5.74, 6) is -1.52. The van der Waals surface area contributed by atoms with Gasteiger partial charge in [-0.15, -0.1) is 0 Å². The highest BCUT2D eigenvalue weighted by molar-refractivity contribution is 5.90. The standard InChI is InChI=1S/C14H14F4N2O/c15-10-3-1-2-9(6-10)11-4-5-19-8-14(18,13(16)17)12(21)7-20(11)19/h1-3,6,11,13H,4-5,7-8H2/t11-,14-/m1/s1. The van der Waals surface area contributed by atoms with Gasteiger partial charge in [-0.2, -0.15) is 0 Å². The molecule has 114 valence electrons. The fourth-order valence-corrected chi connectivity index (χ4v) is 3.00. The number of alkyl halides is 3. The Hall–Kier alpha value is -1.47. The molecule has 0 spiro atoms. The Kier molecular flexibility index (Phi) is 3.49. The normalized spacial score (nSPS) is 30.9. The Morgan fingerprint density at radius 2 is 2.10 bits per heavy atom. The van der Waals surface area contributed by atoms with Gasteiger partial charge in [-0.1, -0.05) is 12.1 Å². The molecule has 0 amide bonds. The van der Waals surface area contributed by atoms with Crippen LogP contribution in [0.25, 0.3) is 0 Å². The second-order valence-electron chi connectivity index (χ2n) is 5.43. The van der Waals surface area contributed by atoms with Gasteiger partial charge in [-0.25, -0.2) is 27.6 Å². The summed E-state index contributed by atoms with van der Waals surface area (Å²) < 4.78 is 53.0. The van der Waals surface area contributed by atoms with Gasteiger partial charge < -0.3 is 0 Å². The fourth-order valence-electron chi connectivity index (χ4n) is 3.00. The summed E-state index contributed by atoms with van der Waals surface area (Å²) in [7, 11) is 0. The predicted molar refractivity (Wildman–Crippen MR) is 66.9 cm³/mol. The van der Waals surface area contributed by atoms with Crippen molar-refractivity contribution in [3.05, 3.63) is 35.6 Å². The van der Waals surface area contributed by atoms with Crippen LogP contribution in [0.15, 0.2) is 24.3 Å². The van der Waals surface area contributed by atoms with Crippen molar-refractivity contribution in [1.82, 2.24) is 10.0 Å². The monoisotopic (exact) mass is 302 g/mol. The molecule has 0 bridgehead atoms. The number of hydrogen-bond donors (Lipinski definition) is 0. The lowest BCUT2D eigenvalue weighted by Crippen LogP contribution is -2.62. The van der Waals surface area contributed by atoms with Crippen molar-refractivity contribution in [2.45, 2.75) is 24.6 Å². The van der Waals surface area contributed by atoms with Gasteiger partial charge in [0.1, 0.15) is 5.82 Å². The van der Waals surface area contributed by atoms with Crippen LogP contribution in [-0.4, -0.2) is 47.5 Å². The van der Waals surface area contributed by atoms with Gasteiger partial charge >= 0.3 is 0 Å². The Bertz CT molecular complexity index is 568. The van der Waals surface area contributed by atoms with Crippen LogP contribution in [-0.2, 0) is 4.79 Å². The second-order valence-corrected chi connectivity index (χ2v) is 5.43. The van der Waals surface area contributed by atoms with Crippen LogP contribution in [0.3, 0.4) is 0 Å². The van der Waals surface area contributed by atoms with E-state index in [0.29, 0.717) is 18.5 Å². The maximum atomic E-state index is 14.1. The quantitative estimate of drug-likeness (QED) is 0.784. The number of nitrogens with zero attached hydrogens (tertiary/aromatic N) is 2. The molecule has 0 saturated carbocycles. The van der Waals surface area contributed by atoms with Crippen LogP contribution in [0.4, 0.5) is 17.6 Å². The summed E-state index contributed by atoms with van der Waals surface area (Å²) in [6.45, 7) is -0.690. The number of hydrogen-bond acceptors (Lipinski definition) is 3. The van der Waals surface area contributed by atoms with Gasteiger partial charge in [-0.05, 0) is 24.1 Å². The lowest BCUT2D eigenvalue weighted by Gasteiger charge is -2.41. The lowest BCUT2D eigenvalue weighted by molar-refractivity contribution is -0.171. The van der Waals surface area contributed by atoms with E-state index in [9.17, 15) is 22.4 Å². The number of halogens is 4. The van der Waals surface area contributed by atoms with E-state index in [2.05, 4.69) is 0 Å². The highest BCUT2D eigenvalue weighted by Gasteiger charge is 2.55. The number of carbonyl (C=O) groups excluding carboxylic acids is 1. The molecule has 0 radical (unpaired) electrons. The Morgan fingerprint density at radius 1 is 1.33 bits per heavy atom. The molecule has 2 aliphatic heterocycles. The molecule has 21 heavy (non-hydrogen) atoms. The number of fused-ring (bicyclic) bond motifs is 1. The number of hydrazine groups is 1. The fraction of sp³-hybridized carbons (Fsp3) is 0.500. The highest BCUT2D eigenvalue weighted by Crippen LogP contribution is 2.38. The van der Waals surface area contributed by atoms with Gasteiger partial charge in [0.05, 0.1) is 19.1 Å². The van der Waals surface area contributed by atoms with Crippen LogP contribution in [0, 0.1) is 5.82 Å². The van der Waals surface area contributed by atoms with Crippen molar-refractivity contribution in [1.29, 1.82) is 0 Å². The average Bonchev–Trinajstić information content (AvgIpc) is 2.81. The summed E-state index contributed by atoms with van der Waals surface area (Å²) >= 11 is 0. The first kappa shape index (κ1) is 14.5. The van der Waals surface area contributed by atoms with Gasteiger partial charge in [0.25, 0.3) is 6.43 Å². The van der Waals surface area contributed by atoms with Crippen molar-refractivity contribution in [3.63, 3.8) is 0 Å². The first-order valence-electron chi connectivity index (χ1n) is 6.69. The first-order chi connectivity index (χ1) is 9.91. The second kappa shape index (κ2) is 5.06. The molecule has 7 heteroatoms. The molecule has 0 aromatic heterocycles. The number of ketones is 1. The van der Waals surface area contributed by atoms with E-state index >= 15 is 0 Å². The molecule has 2 saturated heterocycles. The molecule has 3 nitrogen and oxygen atoms in total. The van der Waals surface area contributed by atoms with Gasteiger partial charge in [0.15, 0.2) is 5.78 Å². The number of benzene rings is 1. The van der Waals surface area contributed by atoms with Crippen LogP contribution in [0.2, 0.25) is 0 Å². The van der Waals surface area contributed by atoms with E-state index < -0.39 is 36.8 Å². The Balaban J connectivity index is 1.84. The number of carbonyl (C=O) groups is 1. The maximum absolute atomic E-state index is 14.1. The molecule has 2 fully saturated rings. The van der Waals surface area contributed by atoms with Gasteiger partial charge in [-0.3, -0.25) is 4.79 Å².